The van der Waals surface area contributed by atoms with Crippen LogP contribution in [0.1, 0.15) is 12.8 Å². The molecular formula is C7H8BrN3. The van der Waals surface area contributed by atoms with Crippen molar-refractivity contribution in [2.75, 3.05) is 5.32 Å². The van der Waals surface area contributed by atoms with Crippen molar-refractivity contribution in [3.05, 3.63) is 16.7 Å². The number of aromatic nitrogens is 2. The Morgan fingerprint density at radius 3 is 3.00 bits per heavy atom. The van der Waals surface area contributed by atoms with Crippen molar-refractivity contribution in [1.29, 1.82) is 0 Å². The first kappa shape index (κ1) is 7.03. The first-order valence-corrected chi connectivity index (χ1v) is 4.39. The van der Waals surface area contributed by atoms with Gasteiger partial charge in [0.2, 0.25) is 0 Å². The van der Waals surface area contributed by atoms with E-state index in [1.54, 1.807) is 6.20 Å². The van der Waals surface area contributed by atoms with Gasteiger partial charge in [-0.15, -0.1) is 5.10 Å². The fourth-order valence-corrected chi connectivity index (χ4v) is 1.15. The van der Waals surface area contributed by atoms with Gasteiger partial charge in [-0.2, -0.15) is 5.10 Å². The Hall–Kier alpha value is -0.640. The molecule has 0 unspecified atom stereocenters. The molecule has 1 saturated carbocycles. The monoisotopic (exact) mass is 213 g/mol. The van der Waals surface area contributed by atoms with Crippen LogP contribution in [0.4, 0.5) is 5.82 Å². The number of hydrogen-bond acceptors (Lipinski definition) is 3. The fourth-order valence-electron chi connectivity index (χ4n) is 0.835. The number of nitrogens with zero attached hydrogens (tertiary/aromatic N) is 2. The van der Waals surface area contributed by atoms with Gasteiger partial charge >= 0.3 is 0 Å². The van der Waals surface area contributed by atoms with Crippen LogP contribution in [0.15, 0.2) is 16.7 Å². The molecule has 1 aliphatic carbocycles. The molecule has 0 aromatic carbocycles. The van der Waals surface area contributed by atoms with Gasteiger partial charge in [0.15, 0.2) is 5.82 Å². The van der Waals surface area contributed by atoms with Gasteiger partial charge < -0.3 is 5.32 Å². The topological polar surface area (TPSA) is 37.8 Å². The van der Waals surface area contributed by atoms with Crippen LogP contribution >= 0.6 is 15.9 Å². The standard InChI is InChI=1S/C7H8BrN3/c8-6-3-4-9-11-7(6)10-5-1-2-5/h3-5H,1-2H2,(H,10,11). The lowest BCUT2D eigenvalue weighted by Gasteiger charge is -2.02. The summed E-state index contributed by atoms with van der Waals surface area (Å²) in [5.41, 5.74) is 0. The van der Waals surface area contributed by atoms with Crippen molar-refractivity contribution in [3.63, 3.8) is 0 Å². The van der Waals surface area contributed by atoms with Gasteiger partial charge in [-0.05, 0) is 34.8 Å². The highest BCUT2D eigenvalue weighted by atomic mass is 79.9. The Labute approximate surface area is 73.3 Å². The molecule has 0 atom stereocenters. The molecule has 1 fully saturated rings. The van der Waals surface area contributed by atoms with E-state index in [1.165, 1.54) is 12.8 Å². The minimum Gasteiger partial charge on any atom is -0.365 e. The van der Waals surface area contributed by atoms with Crippen LogP contribution in [-0.2, 0) is 0 Å². The van der Waals surface area contributed by atoms with Crippen LogP contribution < -0.4 is 5.32 Å². The van der Waals surface area contributed by atoms with Crippen LogP contribution in [0.3, 0.4) is 0 Å². The van der Waals surface area contributed by atoms with Crippen molar-refractivity contribution in [3.8, 4) is 0 Å². The van der Waals surface area contributed by atoms with E-state index in [4.69, 9.17) is 0 Å². The SMILES string of the molecule is Brc1ccnnc1NC1CC1. The van der Waals surface area contributed by atoms with Gasteiger partial charge in [-0.25, -0.2) is 0 Å². The Kier molecular flexibility index (Phi) is 1.77. The van der Waals surface area contributed by atoms with Gasteiger partial charge in [0.1, 0.15) is 0 Å². The molecule has 0 spiro atoms. The normalized spacial score (nSPS) is 16.5. The van der Waals surface area contributed by atoms with E-state index < -0.39 is 0 Å². The number of nitrogens with one attached hydrogen (secondary N) is 1. The van der Waals surface area contributed by atoms with E-state index in [1.807, 2.05) is 6.07 Å². The summed E-state index contributed by atoms with van der Waals surface area (Å²) in [7, 11) is 0. The second kappa shape index (κ2) is 2.77. The van der Waals surface area contributed by atoms with Crippen LogP contribution in [0.25, 0.3) is 0 Å². The third-order valence-corrected chi connectivity index (χ3v) is 2.23. The summed E-state index contributed by atoms with van der Waals surface area (Å²) in [6.07, 6.45) is 4.17. The molecule has 0 aliphatic heterocycles. The lowest BCUT2D eigenvalue weighted by atomic mass is 10.5. The zero-order valence-electron chi connectivity index (χ0n) is 5.92. The predicted molar refractivity (Wildman–Crippen MR) is 46.4 cm³/mol. The van der Waals surface area contributed by atoms with E-state index in [2.05, 4.69) is 31.4 Å². The smallest absolute Gasteiger partial charge is 0.163 e. The average molecular weight is 214 g/mol. The van der Waals surface area contributed by atoms with Gasteiger partial charge in [0.25, 0.3) is 0 Å². The second-order valence-corrected chi connectivity index (χ2v) is 3.50. The quantitative estimate of drug-likeness (QED) is 0.815. The Morgan fingerprint density at radius 1 is 1.55 bits per heavy atom. The van der Waals surface area contributed by atoms with E-state index >= 15 is 0 Å². The van der Waals surface area contributed by atoms with Gasteiger partial charge in [-0.1, -0.05) is 0 Å². The number of halogens is 1. The van der Waals surface area contributed by atoms with Crippen LogP contribution in [0, 0.1) is 0 Å². The molecule has 1 N–H and O–H groups in total. The summed E-state index contributed by atoms with van der Waals surface area (Å²) < 4.78 is 0.986. The maximum atomic E-state index is 3.95. The zero-order chi connectivity index (χ0) is 7.68. The zero-order valence-corrected chi connectivity index (χ0v) is 7.50. The third-order valence-electron chi connectivity index (χ3n) is 1.59. The third kappa shape index (κ3) is 1.68. The molecule has 4 heteroatoms. The summed E-state index contributed by atoms with van der Waals surface area (Å²) in [5.74, 6) is 0.856. The summed E-state index contributed by atoms with van der Waals surface area (Å²) in [4.78, 5) is 0. The molecule has 0 bridgehead atoms. The molecule has 1 aromatic rings. The molecular weight excluding hydrogens is 206 g/mol. The molecule has 0 saturated heterocycles. The molecule has 0 amide bonds. The number of hydrogen-bond donors (Lipinski definition) is 1. The van der Waals surface area contributed by atoms with E-state index in [0.717, 1.165) is 10.3 Å². The predicted octanol–water partition coefficient (Wildman–Crippen LogP) is 1.81. The average Bonchev–Trinajstić information content (AvgIpc) is 2.78. The van der Waals surface area contributed by atoms with E-state index in [0.29, 0.717) is 6.04 Å². The molecule has 1 heterocycles. The molecule has 58 valence electrons. The number of anilines is 1. The minimum absolute atomic E-state index is 0.628. The highest BCUT2D eigenvalue weighted by molar-refractivity contribution is 9.10. The fraction of sp³-hybridized carbons (Fsp3) is 0.429. The minimum atomic E-state index is 0.628. The summed E-state index contributed by atoms with van der Waals surface area (Å²) in [6.45, 7) is 0. The van der Waals surface area contributed by atoms with E-state index in [-0.39, 0.29) is 0 Å². The Balaban J connectivity index is 2.15. The molecule has 11 heavy (non-hydrogen) atoms. The van der Waals surface area contributed by atoms with Crippen LogP contribution in [0.2, 0.25) is 0 Å². The van der Waals surface area contributed by atoms with Gasteiger partial charge in [0, 0.05) is 6.04 Å². The molecule has 3 nitrogen and oxygen atoms in total. The Bertz CT molecular complexity index is 260. The molecule has 1 aliphatic rings. The summed E-state index contributed by atoms with van der Waals surface area (Å²) >= 11 is 3.39. The first-order valence-electron chi connectivity index (χ1n) is 3.60. The summed E-state index contributed by atoms with van der Waals surface area (Å²) in [6, 6.07) is 2.51. The Morgan fingerprint density at radius 2 is 2.36 bits per heavy atom. The van der Waals surface area contributed by atoms with Crippen molar-refractivity contribution in [2.24, 2.45) is 0 Å². The molecule has 0 radical (unpaired) electrons. The van der Waals surface area contributed by atoms with Crippen molar-refractivity contribution in [2.45, 2.75) is 18.9 Å². The number of rotatable bonds is 2. The van der Waals surface area contributed by atoms with Crippen LogP contribution in [0.5, 0.6) is 0 Å². The molecule has 2 rings (SSSR count). The van der Waals surface area contributed by atoms with E-state index in [9.17, 15) is 0 Å². The maximum Gasteiger partial charge on any atom is 0.163 e. The maximum absolute atomic E-state index is 3.95. The second-order valence-electron chi connectivity index (χ2n) is 2.65. The lowest BCUT2D eigenvalue weighted by Crippen LogP contribution is -2.04. The van der Waals surface area contributed by atoms with Gasteiger partial charge in [0.05, 0.1) is 10.7 Å². The summed E-state index contributed by atoms with van der Waals surface area (Å²) in [5, 5.41) is 11.0. The van der Waals surface area contributed by atoms with Crippen molar-refractivity contribution in [1.82, 2.24) is 10.2 Å². The van der Waals surface area contributed by atoms with Crippen LogP contribution in [-0.4, -0.2) is 16.2 Å². The van der Waals surface area contributed by atoms with Crippen molar-refractivity contribution < 1.29 is 0 Å². The first-order chi connectivity index (χ1) is 5.36. The largest absolute Gasteiger partial charge is 0.365 e. The highest BCUT2D eigenvalue weighted by Crippen LogP contribution is 2.26. The lowest BCUT2D eigenvalue weighted by molar-refractivity contribution is 0.992. The van der Waals surface area contributed by atoms with Gasteiger partial charge in [-0.3, -0.25) is 0 Å². The molecule has 1 aromatic heterocycles. The highest BCUT2D eigenvalue weighted by Gasteiger charge is 2.22. The van der Waals surface area contributed by atoms with Crippen molar-refractivity contribution >= 4 is 21.7 Å².